The average molecular weight is 129 g/mol. The lowest BCUT2D eigenvalue weighted by molar-refractivity contribution is -0.141. The maximum Gasteiger partial charge on any atom is 0.306 e. The van der Waals surface area contributed by atoms with Crippen LogP contribution >= 0.6 is 0 Å². The second kappa shape index (κ2) is 4.32. The van der Waals surface area contributed by atoms with Crippen molar-refractivity contribution < 1.29 is 9.90 Å². The molecule has 3 heteroatoms. The zero-order chi connectivity index (χ0) is 7.28. The number of carboxylic acids is 1. The van der Waals surface area contributed by atoms with E-state index in [0.717, 1.165) is 0 Å². The molecule has 0 rings (SSSR count). The predicted molar refractivity (Wildman–Crippen MR) is 33.7 cm³/mol. The van der Waals surface area contributed by atoms with E-state index in [1.54, 1.807) is 0 Å². The van der Waals surface area contributed by atoms with Crippen molar-refractivity contribution in [2.45, 2.75) is 12.8 Å². The largest absolute Gasteiger partial charge is 0.481 e. The molecule has 0 aromatic carbocycles. The molecule has 52 valence electrons. The van der Waals surface area contributed by atoms with Gasteiger partial charge in [0.05, 0.1) is 5.92 Å². The van der Waals surface area contributed by atoms with Gasteiger partial charge in [-0.3, -0.25) is 10.5 Å². The van der Waals surface area contributed by atoms with Crippen LogP contribution < -0.4 is 5.73 Å². The van der Waals surface area contributed by atoms with Crippen molar-refractivity contribution in [3.05, 3.63) is 6.92 Å². The molecule has 0 saturated carbocycles. The van der Waals surface area contributed by atoms with Crippen LogP contribution in [0.25, 0.3) is 0 Å². The summed E-state index contributed by atoms with van der Waals surface area (Å²) in [6.45, 7) is 3.63. The molecule has 2 radical (unpaired) electrons. The molecule has 0 aromatic heterocycles. The number of aliphatic carboxylic acids is 1. The first-order valence-electron chi connectivity index (χ1n) is 2.89. The van der Waals surface area contributed by atoms with Gasteiger partial charge in [-0.05, 0) is 12.8 Å². The lowest BCUT2D eigenvalue weighted by Gasteiger charge is -2.04. The molecule has 0 saturated heterocycles. The van der Waals surface area contributed by atoms with Crippen LogP contribution in [0, 0.1) is 12.8 Å². The summed E-state index contributed by atoms with van der Waals surface area (Å²) < 4.78 is 0. The number of hydrogen-bond acceptors (Lipinski definition) is 1. The van der Waals surface area contributed by atoms with Crippen molar-refractivity contribution >= 4 is 5.97 Å². The van der Waals surface area contributed by atoms with Gasteiger partial charge in [-0.1, -0.05) is 6.92 Å². The van der Waals surface area contributed by atoms with E-state index in [1.807, 2.05) is 0 Å². The Bertz CT molecular complexity index is 93.1. The van der Waals surface area contributed by atoms with Crippen molar-refractivity contribution in [3.63, 3.8) is 0 Å². The zero-order valence-corrected chi connectivity index (χ0v) is 5.26. The number of nitrogens with one attached hydrogen (secondary N) is 1. The fourth-order valence-electron chi connectivity index (χ4n) is 0.566. The molecule has 3 nitrogen and oxygen atoms in total. The summed E-state index contributed by atoms with van der Waals surface area (Å²) in [5.74, 6) is -1.25. The molecular weight excluding hydrogens is 118 g/mol. The summed E-state index contributed by atoms with van der Waals surface area (Å²) in [7, 11) is 0. The number of rotatable bonds is 4. The summed E-state index contributed by atoms with van der Waals surface area (Å²) >= 11 is 0. The van der Waals surface area contributed by atoms with Gasteiger partial charge in [0.2, 0.25) is 0 Å². The highest BCUT2D eigenvalue weighted by Crippen LogP contribution is 2.05. The molecule has 0 bridgehead atoms. The Morgan fingerprint density at radius 3 is 2.44 bits per heavy atom. The molecule has 9 heavy (non-hydrogen) atoms. The first kappa shape index (κ1) is 8.43. The summed E-state index contributed by atoms with van der Waals surface area (Å²) in [4.78, 5) is 10.2. The molecule has 0 fully saturated rings. The van der Waals surface area contributed by atoms with Gasteiger partial charge in [0.15, 0.2) is 0 Å². The average Bonchev–Trinajstić information content (AvgIpc) is 1.82. The van der Waals surface area contributed by atoms with Crippen LogP contribution in [0.3, 0.4) is 0 Å². The predicted octanol–water partition coefficient (Wildman–Crippen LogP) is 0.584. The van der Waals surface area contributed by atoms with E-state index in [4.69, 9.17) is 10.8 Å². The van der Waals surface area contributed by atoms with Crippen LogP contribution in [-0.4, -0.2) is 17.6 Å². The maximum absolute atomic E-state index is 10.2. The Labute approximate surface area is 54.9 Å². The second-order valence-electron chi connectivity index (χ2n) is 1.86. The van der Waals surface area contributed by atoms with E-state index in [1.165, 1.54) is 0 Å². The molecule has 0 aliphatic carbocycles. The Balaban J connectivity index is 3.54. The Hall–Kier alpha value is -0.570. The normalized spacial score (nSPS) is 13.1. The van der Waals surface area contributed by atoms with E-state index in [-0.39, 0.29) is 6.54 Å². The zero-order valence-electron chi connectivity index (χ0n) is 5.26. The summed E-state index contributed by atoms with van der Waals surface area (Å²) in [5.41, 5.74) is 6.74. The highest BCUT2D eigenvalue weighted by molar-refractivity contribution is 5.69. The van der Waals surface area contributed by atoms with Crippen molar-refractivity contribution in [2.75, 3.05) is 6.54 Å². The topological polar surface area (TPSA) is 61.1 Å². The van der Waals surface area contributed by atoms with Crippen LogP contribution in [0.2, 0.25) is 0 Å². The Morgan fingerprint density at radius 2 is 2.33 bits per heavy atom. The maximum atomic E-state index is 10.2. The summed E-state index contributed by atoms with van der Waals surface area (Å²) in [6, 6.07) is 0. The molecule has 0 spiro atoms. The first-order chi connectivity index (χ1) is 4.22. The molecule has 0 aliphatic heterocycles. The quantitative estimate of drug-likeness (QED) is 0.603. The molecule has 2 N–H and O–H groups in total. The van der Waals surface area contributed by atoms with Crippen molar-refractivity contribution in [1.29, 1.82) is 0 Å². The van der Waals surface area contributed by atoms with Crippen LogP contribution in [0.4, 0.5) is 0 Å². The number of carboxylic acid groups (broad SMARTS) is 1. The van der Waals surface area contributed by atoms with Crippen LogP contribution in [-0.2, 0) is 4.79 Å². The summed E-state index contributed by atoms with van der Waals surface area (Å²) in [6.07, 6.45) is 0.799. The van der Waals surface area contributed by atoms with E-state index in [2.05, 4.69) is 6.92 Å². The van der Waals surface area contributed by atoms with Gasteiger partial charge in [-0.2, -0.15) is 0 Å². The molecule has 1 atom stereocenters. The molecular formula is C6H11NO2. The van der Waals surface area contributed by atoms with Gasteiger partial charge in [0, 0.05) is 6.54 Å². The van der Waals surface area contributed by atoms with Gasteiger partial charge < -0.3 is 5.11 Å². The lowest BCUT2D eigenvalue weighted by atomic mass is 10.0. The first-order valence-corrected chi connectivity index (χ1v) is 2.89. The Kier molecular flexibility index (Phi) is 4.05. The third-order valence-electron chi connectivity index (χ3n) is 1.19. The highest BCUT2D eigenvalue weighted by Gasteiger charge is 2.12. The van der Waals surface area contributed by atoms with Gasteiger partial charge in [-0.15, -0.1) is 0 Å². The second-order valence-corrected chi connectivity index (χ2v) is 1.86. The number of carbonyl (C=O) groups is 1. The van der Waals surface area contributed by atoms with E-state index in [0.29, 0.717) is 12.8 Å². The minimum atomic E-state index is -0.836. The fourth-order valence-corrected chi connectivity index (χ4v) is 0.566. The van der Waals surface area contributed by atoms with Gasteiger partial charge in [0.1, 0.15) is 0 Å². The Morgan fingerprint density at radius 1 is 1.78 bits per heavy atom. The van der Waals surface area contributed by atoms with Crippen LogP contribution in [0.15, 0.2) is 0 Å². The van der Waals surface area contributed by atoms with Gasteiger partial charge in [-0.25, -0.2) is 0 Å². The molecule has 1 unspecified atom stereocenters. The third kappa shape index (κ3) is 3.08. The molecule has 0 heterocycles. The van der Waals surface area contributed by atoms with E-state index < -0.39 is 11.9 Å². The van der Waals surface area contributed by atoms with Crippen LogP contribution in [0.1, 0.15) is 12.8 Å². The van der Waals surface area contributed by atoms with E-state index in [9.17, 15) is 4.79 Å². The smallest absolute Gasteiger partial charge is 0.306 e. The minimum absolute atomic E-state index is 0.173. The lowest BCUT2D eigenvalue weighted by Crippen LogP contribution is -2.14. The third-order valence-corrected chi connectivity index (χ3v) is 1.19. The van der Waals surface area contributed by atoms with Crippen molar-refractivity contribution in [1.82, 2.24) is 5.73 Å². The van der Waals surface area contributed by atoms with Crippen molar-refractivity contribution in [3.8, 4) is 0 Å². The van der Waals surface area contributed by atoms with E-state index >= 15 is 0 Å². The number of hydrogen-bond donors (Lipinski definition) is 1. The fraction of sp³-hybridized carbons (Fsp3) is 0.667. The molecule has 0 aliphatic rings. The van der Waals surface area contributed by atoms with Crippen LogP contribution in [0.5, 0.6) is 0 Å². The van der Waals surface area contributed by atoms with Crippen molar-refractivity contribution in [2.24, 2.45) is 5.92 Å². The van der Waals surface area contributed by atoms with Gasteiger partial charge >= 0.3 is 5.97 Å². The SMILES string of the molecule is [CH2]CC(CC[NH])C(=O)O. The summed E-state index contributed by atoms with van der Waals surface area (Å²) in [5, 5.41) is 8.38. The monoisotopic (exact) mass is 129 g/mol. The minimum Gasteiger partial charge on any atom is -0.481 e. The molecule has 0 amide bonds. The van der Waals surface area contributed by atoms with Gasteiger partial charge in [0.25, 0.3) is 0 Å². The standard InChI is InChI=1S/C6H11NO2/c1-2-5(3-4-7)6(8)9/h5,7H,1-4H2,(H,8,9). The highest BCUT2D eigenvalue weighted by atomic mass is 16.4. The molecule has 0 aromatic rings.